The van der Waals surface area contributed by atoms with Crippen LogP contribution in [-0.4, -0.2) is 52.7 Å². The van der Waals surface area contributed by atoms with E-state index in [0.29, 0.717) is 12.8 Å². The van der Waals surface area contributed by atoms with Crippen LogP contribution >= 0.6 is 0 Å². The zero-order valence-corrected chi connectivity index (χ0v) is 16.3. The van der Waals surface area contributed by atoms with Crippen LogP contribution < -0.4 is 0 Å². The molecule has 150 valence electrons. The number of rotatable bonds is 3. The van der Waals surface area contributed by atoms with Gasteiger partial charge in [-0.1, -0.05) is 18.2 Å². The van der Waals surface area contributed by atoms with E-state index in [2.05, 4.69) is 0 Å². The monoisotopic (exact) mass is 384 g/mol. The van der Waals surface area contributed by atoms with Crippen molar-refractivity contribution in [2.45, 2.75) is 57.4 Å². The van der Waals surface area contributed by atoms with Crippen LogP contribution in [0.5, 0.6) is 0 Å². The molecule has 4 nitrogen and oxygen atoms in total. The number of amides is 1. The van der Waals surface area contributed by atoms with Crippen LogP contribution in [0.1, 0.15) is 44.7 Å². The molecule has 1 N–H and O–H groups in total. The molecule has 0 fully saturated rings. The van der Waals surface area contributed by atoms with E-state index in [4.69, 9.17) is 0 Å². The van der Waals surface area contributed by atoms with Crippen molar-refractivity contribution in [3.63, 3.8) is 0 Å². The van der Waals surface area contributed by atoms with Gasteiger partial charge in [0, 0.05) is 11.6 Å². The number of likely N-dealkylation sites (N-methyl/N-ethyl adjacent to an activating group) is 1. The Labute approximate surface area is 158 Å². The lowest BCUT2D eigenvalue weighted by molar-refractivity contribution is -0.137. The lowest BCUT2D eigenvalue weighted by Gasteiger charge is -2.46. The molecule has 2 atom stereocenters. The molecular formula is C20H27F3N2O2. The van der Waals surface area contributed by atoms with Gasteiger partial charge in [-0.15, -0.1) is 0 Å². The Hall–Kier alpha value is -2.02. The molecule has 0 saturated carbocycles. The maximum Gasteiger partial charge on any atom is 0.416 e. The van der Waals surface area contributed by atoms with Gasteiger partial charge in [0.1, 0.15) is 0 Å². The smallest absolute Gasteiger partial charge is 0.416 e. The van der Waals surface area contributed by atoms with Gasteiger partial charge in [-0.25, -0.2) is 4.79 Å². The topological polar surface area (TPSA) is 43.8 Å². The normalized spacial score (nSPS) is 21.1. The van der Waals surface area contributed by atoms with Gasteiger partial charge in [0.25, 0.3) is 0 Å². The molecule has 1 aromatic rings. The van der Waals surface area contributed by atoms with Crippen LogP contribution in [0, 0.1) is 0 Å². The predicted octanol–water partition coefficient (Wildman–Crippen LogP) is 4.96. The van der Waals surface area contributed by atoms with Crippen molar-refractivity contribution in [2.24, 2.45) is 0 Å². The Balaban J connectivity index is 2.34. The average molecular weight is 384 g/mol. The molecule has 0 radical (unpaired) electrons. The molecule has 27 heavy (non-hydrogen) atoms. The Kier molecular flexibility index (Phi) is 5.94. The van der Waals surface area contributed by atoms with Crippen molar-refractivity contribution in [3.8, 4) is 0 Å². The summed E-state index contributed by atoms with van der Waals surface area (Å²) < 4.78 is 38.3. The second kappa shape index (κ2) is 7.54. The van der Waals surface area contributed by atoms with Gasteiger partial charge in [0.15, 0.2) is 0 Å². The summed E-state index contributed by atoms with van der Waals surface area (Å²) in [5.74, 6) is 0. The second-order valence-corrected chi connectivity index (χ2v) is 8.17. The summed E-state index contributed by atoms with van der Waals surface area (Å²) in [6.07, 6.45) is -2.28. The van der Waals surface area contributed by atoms with Gasteiger partial charge in [0.05, 0.1) is 11.6 Å². The molecule has 7 heteroatoms. The van der Waals surface area contributed by atoms with Crippen molar-refractivity contribution in [3.05, 3.63) is 41.5 Å². The molecule has 0 aliphatic heterocycles. The van der Waals surface area contributed by atoms with E-state index in [1.807, 2.05) is 45.8 Å². The lowest BCUT2D eigenvalue weighted by atomic mass is 9.83. The van der Waals surface area contributed by atoms with E-state index < -0.39 is 23.4 Å². The summed E-state index contributed by atoms with van der Waals surface area (Å²) in [6, 6.07) is 4.86. The molecule has 2 rings (SSSR count). The number of carbonyl (C=O) groups is 1. The molecule has 0 spiro atoms. The first-order valence-corrected chi connectivity index (χ1v) is 8.87. The highest BCUT2D eigenvalue weighted by Gasteiger charge is 2.40. The van der Waals surface area contributed by atoms with Crippen LogP contribution in [0.2, 0.25) is 0 Å². The summed E-state index contributed by atoms with van der Waals surface area (Å²) in [7, 11) is 3.80. The van der Waals surface area contributed by atoms with E-state index in [1.54, 1.807) is 0 Å². The predicted molar refractivity (Wildman–Crippen MR) is 99.5 cm³/mol. The van der Waals surface area contributed by atoms with Gasteiger partial charge in [-0.05, 0) is 71.0 Å². The summed E-state index contributed by atoms with van der Waals surface area (Å²) in [6.45, 7) is 5.59. The van der Waals surface area contributed by atoms with E-state index in [9.17, 15) is 23.1 Å². The second-order valence-electron chi connectivity index (χ2n) is 8.17. The number of hydrogen-bond acceptors (Lipinski definition) is 2. The van der Waals surface area contributed by atoms with Crippen molar-refractivity contribution in [1.29, 1.82) is 0 Å². The van der Waals surface area contributed by atoms with Crippen molar-refractivity contribution >= 4 is 11.7 Å². The minimum absolute atomic E-state index is 0.0670. The molecule has 0 bridgehead atoms. The fraction of sp³-hybridized carbons (Fsp3) is 0.550. The van der Waals surface area contributed by atoms with Crippen molar-refractivity contribution in [2.75, 3.05) is 14.1 Å². The summed E-state index contributed by atoms with van der Waals surface area (Å²) >= 11 is 0. The standard InChI is InChI=1S/C20H27F3N2O2/c1-19(2,3)25(18(26)27)16-11-8-14(12-17(16)24(4)5)13-6-9-15(10-7-13)20(21,22)23/h6-10,16-17H,11-12H2,1-5H3,(H,26,27)/t16-,17-/m0/s1. The first kappa shape index (κ1) is 21.3. The van der Waals surface area contributed by atoms with E-state index in [-0.39, 0.29) is 12.1 Å². The summed E-state index contributed by atoms with van der Waals surface area (Å²) in [5.41, 5.74) is 0.461. The Morgan fingerprint density at radius 1 is 1.07 bits per heavy atom. The molecule has 0 saturated heterocycles. The van der Waals surface area contributed by atoms with Crippen LogP contribution in [0.15, 0.2) is 30.3 Å². The third-order valence-electron chi connectivity index (χ3n) is 4.99. The average Bonchev–Trinajstić information content (AvgIpc) is 2.52. The number of halogens is 3. The molecule has 0 unspecified atom stereocenters. The first-order chi connectivity index (χ1) is 12.3. The van der Waals surface area contributed by atoms with Gasteiger partial charge in [-0.2, -0.15) is 13.2 Å². The van der Waals surface area contributed by atoms with Crippen LogP contribution in [0.3, 0.4) is 0 Å². The Morgan fingerprint density at radius 3 is 2.04 bits per heavy atom. The molecule has 1 aliphatic rings. The number of carboxylic acid groups (broad SMARTS) is 1. The molecule has 1 amide bonds. The number of nitrogens with zero attached hydrogens (tertiary/aromatic N) is 2. The fourth-order valence-corrected chi connectivity index (χ4v) is 3.70. The highest BCUT2D eigenvalue weighted by atomic mass is 19.4. The molecule has 1 aromatic carbocycles. The third kappa shape index (κ3) is 4.83. The zero-order chi connectivity index (χ0) is 20.6. The van der Waals surface area contributed by atoms with Crippen LogP contribution in [-0.2, 0) is 6.18 Å². The third-order valence-corrected chi connectivity index (χ3v) is 4.99. The fourth-order valence-electron chi connectivity index (χ4n) is 3.70. The van der Waals surface area contributed by atoms with Crippen molar-refractivity contribution in [1.82, 2.24) is 9.80 Å². The lowest BCUT2D eigenvalue weighted by Crippen LogP contribution is -2.58. The van der Waals surface area contributed by atoms with Crippen molar-refractivity contribution < 1.29 is 23.1 Å². The quantitative estimate of drug-likeness (QED) is 0.801. The maximum atomic E-state index is 12.8. The van der Waals surface area contributed by atoms with E-state index >= 15 is 0 Å². The number of hydrogen-bond donors (Lipinski definition) is 1. The molecule has 1 aliphatic carbocycles. The highest BCUT2D eigenvalue weighted by Crippen LogP contribution is 2.36. The van der Waals surface area contributed by atoms with Crippen LogP contribution in [0.25, 0.3) is 5.57 Å². The number of benzene rings is 1. The van der Waals surface area contributed by atoms with Crippen LogP contribution in [0.4, 0.5) is 18.0 Å². The Morgan fingerprint density at radius 2 is 1.63 bits per heavy atom. The minimum atomic E-state index is -4.36. The van der Waals surface area contributed by atoms with Gasteiger partial charge < -0.3 is 10.0 Å². The van der Waals surface area contributed by atoms with Gasteiger partial charge in [-0.3, -0.25) is 4.90 Å². The largest absolute Gasteiger partial charge is 0.465 e. The van der Waals surface area contributed by atoms with E-state index in [0.717, 1.165) is 23.3 Å². The molecular weight excluding hydrogens is 357 g/mol. The minimum Gasteiger partial charge on any atom is -0.465 e. The van der Waals surface area contributed by atoms with Gasteiger partial charge >= 0.3 is 12.3 Å². The summed E-state index contributed by atoms with van der Waals surface area (Å²) in [4.78, 5) is 15.4. The molecule has 0 heterocycles. The Bertz CT molecular complexity index is 703. The van der Waals surface area contributed by atoms with E-state index in [1.165, 1.54) is 17.0 Å². The molecule has 0 aromatic heterocycles. The summed E-state index contributed by atoms with van der Waals surface area (Å²) in [5, 5.41) is 9.73. The zero-order valence-electron chi connectivity index (χ0n) is 16.3. The first-order valence-electron chi connectivity index (χ1n) is 8.87. The van der Waals surface area contributed by atoms with Gasteiger partial charge in [0.2, 0.25) is 0 Å². The SMILES string of the molecule is CN(C)[C@H]1CC(c2ccc(C(F)(F)F)cc2)=CC[C@@H]1N(C(=O)O)C(C)(C)C. The highest BCUT2D eigenvalue weighted by molar-refractivity contribution is 5.70. The number of alkyl halides is 3. The maximum absolute atomic E-state index is 12.8.